The third-order valence-corrected chi connectivity index (χ3v) is 5.87. The number of halogens is 2. The normalized spacial score (nSPS) is 26.2. The number of hydrogen-bond donors (Lipinski definition) is 1. The highest BCUT2D eigenvalue weighted by atomic mass is 35.5. The molecule has 1 N–H and O–H groups in total. The van der Waals surface area contributed by atoms with Gasteiger partial charge in [-0.2, -0.15) is 0 Å². The number of benzene rings is 1. The van der Waals surface area contributed by atoms with Crippen LogP contribution in [0.15, 0.2) is 18.2 Å². The van der Waals surface area contributed by atoms with E-state index >= 15 is 0 Å². The first-order chi connectivity index (χ1) is 13.4. The van der Waals surface area contributed by atoms with Crippen molar-refractivity contribution in [3.63, 3.8) is 0 Å². The van der Waals surface area contributed by atoms with Crippen molar-refractivity contribution < 1.29 is 28.2 Å². The molecule has 0 saturated heterocycles. The molecule has 29 heavy (non-hydrogen) atoms. The van der Waals surface area contributed by atoms with Gasteiger partial charge in [-0.05, 0) is 58.6 Å². The number of esters is 1. The fourth-order valence-electron chi connectivity index (χ4n) is 3.96. The number of fused-ring (bicyclic) bond motifs is 3. The van der Waals surface area contributed by atoms with Crippen molar-refractivity contribution in [2.75, 3.05) is 6.61 Å². The van der Waals surface area contributed by atoms with Crippen LogP contribution in [0.3, 0.4) is 0 Å². The summed E-state index contributed by atoms with van der Waals surface area (Å²) >= 11 is 5.62. The van der Waals surface area contributed by atoms with Crippen molar-refractivity contribution >= 4 is 29.3 Å². The number of Topliss-reactive ketones (excluding diaryl/α,β-unsaturated/α-hetero) is 1. The fourth-order valence-corrected chi connectivity index (χ4v) is 4.08. The van der Waals surface area contributed by atoms with Gasteiger partial charge in [0.2, 0.25) is 0 Å². The molecule has 1 aromatic carbocycles. The topological polar surface area (TPSA) is 81.7 Å². The lowest BCUT2D eigenvalue weighted by atomic mass is 9.56. The minimum Gasteiger partial charge on any atom is -0.484 e. The van der Waals surface area contributed by atoms with Crippen molar-refractivity contribution in [3.05, 3.63) is 29.0 Å². The predicted molar refractivity (Wildman–Crippen MR) is 104 cm³/mol. The zero-order valence-corrected chi connectivity index (χ0v) is 17.5. The highest BCUT2D eigenvalue weighted by molar-refractivity contribution is 6.30. The SMILES string of the molecule is CC(C)(C)OC(=O)C12CCC(NC(=O)COc3ccc(Cl)c(F)c3)(CC1)C(=O)C2. The summed E-state index contributed by atoms with van der Waals surface area (Å²) in [5.74, 6) is -1.45. The number of carbonyl (C=O) groups excluding carboxylic acids is 3. The van der Waals surface area contributed by atoms with Gasteiger partial charge in [0.25, 0.3) is 5.91 Å². The largest absolute Gasteiger partial charge is 0.484 e. The van der Waals surface area contributed by atoms with Crippen LogP contribution in [0, 0.1) is 11.2 Å². The predicted octanol–water partition coefficient (Wildman–Crippen LogP) is 3.59. The molecular weight excluding hydrogens is 401 g/mol. The summed E-state index contributed by atoms with van der Waals surface area (Å²) in [4.78, 5) is 37.8. The number of ether oxygens (including phenoxy) is 2. The molecule has 0 heterocycles. The molecule has 3 saturated carbocycles. The van der Waals surface area contributed by atoms with E-state index in [-0.39, 0.29) is 35.6 Å². The summed E-state index contributed by atoms with van der Waals surface area (Å²) in [7, 11) is 0. The molecule has 0 unspecified atom stereocenters. The summed E-state index contributed by atoms with van der Waals surface area (Å²) in [6.45, 7) is 5.04. The first kappa shape index (κ1) is 21.6. The monoisotopic (exact) mass is 425 g/mol. The molecule has 158 valence electrons. The number of nitrogens with one attached hydrogen (secondary N) is 1. The van der Waals surface area contributed by atoms with Crippen molar-refractivity contribution in [2.24, 2.45) is 5.41 Å². The Morgan fingerprint density at radius 2 is 1.86 bits per heavy atom. The Kier molecular flexibility index (Phi) is 5.64. The summed E-state index contributed by atoms with van der Waals surface area (Å²) in [5, 5.41) is 2.75. The van der Waals surface area contributed by atoms with E-state index in [1.165, 1.54) is 12.1 Å². The van der Waals surface area contributed by atoms with Crippen LogP contribution in [-0.4, -0.2) is 35.4 Å². The van der Waals surface area contributed by atoms with E-state index in [0.29, 0.717) is 25.7 Å². The third-order valence-electron chi connectivity index (χ3n) is 5.56. The highest BCUT2D eigenvalue weighted by Gasteiger charge is 2.59. The molecule has 0 aromatic heterocycles. The van der Waals surface area contributed by atoms with E-state index in [1.54, 1.807) is 20.8 Å². The summed E-state index contributed by atoms with van der Waals surface area (Å²) < 4.78 is 24.3. The lowest BCUT2D eigenvalue weighted by Gasteiger charge is -2.51. The molecule has 0 spiro atoms. The maximum atomic E-state index is 13.5. The van der Waals surface area contributed by atoms with Crippen LogP contribution < -0.4 is 10.1 Å². The minimum absolute atomic E-state index is 0.0378. The van der Waals surface area contributed by atoms with E-state index in [4.69, 9.17) is 21.1 Å². The smallest absolute Gasteiger partial charge is 0.313 e. The van der Waals surface area contributed by atoms with Gasteiger partial charge in [0.1, 0.15) is 17.2 Å². The molecular formula is C21H25ClFNO5. The number of amides is 1. The van der Waals surface area contributed by atoms with Gasteiger partial charge in [0.15, 0.2) is 12.4 Å². The summed E-state index contributed by atoms with van der Waals surface area (Å²) in [6, 6.07) is 3.89. The van der Waals surface area contributed by atoms with E-state index in [2.05, 4.69) is 5.32 Å². The van der Waals surface area contributed by atoms with Crippen LogP contribution in [0.2, 0.25) is 5.02 Å². The third kappa shape index (κ3) is 4.55. The lowest BCUT2D eigenvalue weighted by Crippen LogP contribution is -2.64. The maximum absolute atomic E-state index is 13.5. The zero-order valence-electron chi connectivity index (χ0n) is 16.8. The molecule has 0 radical (unpaired) electrons. The second-order valence-corrected chi connectivity index (χ2v) is 9.28. The fraction of sp³-hybridized carbons (Fsp3) is 0.571. The Balaban J connectivity index is 1.60. The molecule has 2 bridgehead atoms. The average Bonchev–Trinajstić information content (AvgIpc) is 2.63. The molecule has 1 aromatic rings. The summed E-state index contributed by atoms with van der Waals surface area (Å²) in [5.41, 5.74) is -2.39. The second-order valence-electron chi connectivity index (χ2n) is 8.88. The standard InChI is InChI=1S/C21H25ClFNO5/c1-19(2,3)29-18(27)20-6-8-21(9-7-20,16(25)11-20)24-17(26)12-28-13-4-5-14(22)15(23)10-13/h4-5,10H,6-9,11-12H2,1-3H3,(H,24,26). The molecule has 3 aliphatic carbocycles. The molecule has 3 aliphatic rings. The van der Waals surface area contributed by atoms with E-state index in [0.717, 1.165) is 6.07 Å². The molecule has 1 amide bonds. The second kappa shape index (κ2) is 7.59. The minimum atomic E-state index is -0.977. The molecule has 8 heteroatoms. The number of rotatable bonds is 5. The molecule has 4 rings (SSSR count). The van der Waals surface area contributed by atoms with Gasteiger partial charge < -0.3 is 14.8 Å². The van der Waals surface area contributed by atoms with E-state index in [9.17, 15) is 18.8 Å². The first-order valence-corrected chi connectivity index (χ1v) is 9.98. The Hall–Kier alpha value is -2.15. The van der Waals surface area contributed by atoms with Crippen LogP contribution in [0.25, 0.3) is 0 Å². The Morgan fingerprint density at radius 3 is 2.41 bits per heavy atom. The van der Waals surface area contributed by atoms with Crippen LogP contribution >= 0.6 is 11.6 Å². The Morgan fingerprint density at radius 1 is 1.21 bits per heavy atom. The Bertz CT molecular complexity index is 840. The molecule has 0 atom stereocenters. The first-order valence-electron chi connectivity index (χ1n) is 9.60. The zero-order chi connectivity index (χ0) is 21.4. The molecule has 6 nitrogen and oxygen atoms in total. The average molecular weight is 426 g/mol. The summed E-state index contributed by atoms with van der Waals surface area (Å²) in [6.07, 6.45) is 1.79. The van der Waals surface area contributed by atoms with Gasteiger partial charge in [-0.25, -0.2) is 4.39 Å². The lowest BCUT2D eigenvalue weighted by molar-refractivity contribution is -0.178. The van der Waals surface area contributed by atoms with E-state index < -0.39 is 28.3 Å². The van der Waals surface area contributed by atoms with Crippen molar-refractivity contribution in [1.82, 2.24) is 5.32 Å². The number of ketones is 1. The molecule has 3 fully saturated rings. The van der Waals surface area contributed by atoms with Crippen LogP contribution in [0.1, 0.15) is 52.9 Å². The Labute approximate surface area is 174 Å². The highest BCUT2D eigenvalue weighted by Crippen LogP contribution is 2.51. The number of carbonyl (C=O) groups is 3. The van der Waals surface area contributed by atoms with Crippen molar-refractivity contribution in [3.8, 4) is 5.75 Å². The van der Waals surface area contributed by atoms with Gasteiger partial charge in [-0.3, -0.25) is 14.4 Å². The molecule has 0 aliphatic heterocycles. The van der Waals surface area contributed by atoms with Gasteiger partial charge in [-0.1, -0.05) is 11.6 Å². The van der Waals surface area contributed by atoms with E-state index in [1.807, 2.05) is 0 Å². The van der Waals surface area contributed by atoms with Crippen molar-refractivity contribution in [1.29, 1.82) is 0 Å². The maximum Gasteiger partial charge on any atom is 0.313 e. The van der Waals surface area contributed by atoms with Crippen LogP contribution in [-0.2, 0) is 19.1 Å². The van der Waals surface area contributed by atoms with Gasteiger partial charge in [-0.15, -0.1) is 0 Å². The van der Waals surface area contributed by atoms with Crippen LogP contribution in [0.4, 0.5) is 4.39 Å². The van der Waals surface area contributed by atoms with Crippen molar-refractivity contribution in [2.45, 2.75) is 64.0 Å². The van der Waals surface area contributed by atoms with Gasteiger partial charge in [0, 0.05) is 12.5 Å². The van der Waals surface area contributed by atoms with Crippen LogP contribution in [0.5, 0.6) is 5.75 Å². The number of hydrogen-bond acceptors (Lipinski definition) is 5. The quantitative estimate of drug-likeness (QED) is 0.729. The van der Waals surface area contributed by atoms with Gasteiger partial charge >= 0.3 is 5.97 Å². The van der Waals surface area contributed by atoms with Gasteiger partial charge in [0.05, 0.1) is 16.0 Å².